The Balaban J connectivity index is 1.82. The second-order valence-corrected chi connectivity index (χ2v) is 5.94. The molecule has 0 aliphatic carbocycles. The Morgan fingerprint density at radius 3 is 2.54 bits per heavy atom. The van der Waals surface area contributed by atoms with E-state index in [1.807, 2.05) is 24.4 Å². The zero-order chi connectivity index (χ0) is 17.1. The van der Waals surface area contributed by atoms with E-state index in [4.69, 9.17) is 5.11 Å². The zero-order valence-electron chi connectivity index (χ0n) is 13.7. The van der Waals surface area contributed by atoms with Crippen LogP contribution in [0.15, 0.2) is 48.9 Å². The van der Waals surface area contributed by atoms with Gasteiger partial charge in [0.1, 0.15) is 0 Å². The highest BCUT2D eigenvalue weighted by Crippen LogP contribution is 2.20. The van der Waals surface area contributed by atoms with Gasteiger partial charge in [-0.25, -0.2) is 4.79 Å². The van der Waals surface area contributed by atoms with Crippen molar-refractivity contribution in [2.45, 2.75) is 26.8 Å². The average Bonchev–Trinajstić information content (AvgIpc) is 3.01. The Morgan fingerprint density at radius 2 is 1.96 bits per heavy atom. The first-order valence-corrected chi connectivity index (χ1v) is 7.77. The first-order chi connectivity index (χ1) is 11.5. The lowest BCUT2D eigenvalue weighted by Crippen LogP contribution is -2.04. The minimum absolute atomic E-state index is 0.204. The predicted molar refractivity (Wildman–Crippen MR) is 91.2 cm³/mol. The summed E-state index contributed by atoms with van der Waals surface area (Å²) in [4.78, 5) is 15.3. The number of hydrogen-bond acceptors (Lipinski definition) is 3. The van der Waals surface area contributed by atoms with E-state index in [2.05, 4.69) is 36.1 Å². The third-order valence-corrected chi connectivity index (χ3v) is 4.06. The van der Waals surface area contributed by atoms with Gasteiger partial charge in [0.25, 0.3) is 0 Å². The van der Waals surface area contributed by atoms with Crippen molar-refractivity contribution in [1.29, 1.82) is 0 Å². The molecule has 0 aliphatic rings. The quantitative estimate of drug-likeness (QED) is 0.783. The molecule has 1 aromatic carbocycles. The Bertz CT molecular complexity index is 846. The molecule has 0 saturated heterocycles. The van der Waals surface area contributed by atoms with E-state index in [-0.39, 0.29) is 5.56 Å². The SMILES string of the molecule is Cc1cc(Cn2cc(C(=O)O)cn2)cc(C)c1Cc1ccccn1. The van der Waals surface area contributed by atoms with Gasteiger partial charge >= 0.3 is 5.97 Å². The first kappa shape index (κ1) is 15.9. The van der Waals surface area contributed by atoms with Gasteiger partial charge < -0.3 is 5.11 Å². The number of aromatic carboxylic acids is 1. The van der Waals surface area contributed by atoms with Crippen LogP contribution in [-0.4, -0.2) is 25.8 Å². The maximum Gasteiger partial charge on any atom is 0.338 e. The molecule has 1 N–H and O–H groups in total. The molecule has 5 heteroatoms. The maximum absolute atomic E-state index is 10.9. The summed E-state index contributed by atoms with van der Waals surface area (Å²) in [5.74, 6) is -0.959. The Hall–Kier alpha value is -2.95. The third kappa shape index (κ3) is 3.51. The van der Waals surface area contributed by atoms with Crippen molar-refractivity contribution in [3.8, 4) is 0 Å². The molecule has 122 valence electrons. The third-order valence-electron chi connectivity index (χ3n) is 4.06. The second-order valence-electron chi connectivity index (χ2n) is 5.94. The Labute approximate surface area is 140 Å². The molecule has 24 heavy (non-hydrogen) atoms. The van der Waals surface area contributed by atoms with Crippen LogP contribution in [0.25, 0.3) is 0 Å². The van der Waals surface area contributed by atoms with Crippen LogP contribution in [0.3, 0.4) is 0 Å². The van der Waals surface area contributed by atoms with Gasteiger partial charge in [-0.15, -0.1) is 0 Å². The van der Waals surface area contributed by atoms with E-state index < -0.39 is 5.97 Å². The number of carbonyl (C=O) groups is 1. The van der Waals surface area contributed by atoms with Crippen LogP contribution in [-0.2, 0) is 13.0 Å². The van der Waals surface area contributed by atoms with Crippen LogP contribution in [0.4, 0.5) is 0 Å². The van der Waals surface area contributed by atoms with Crippen LogP contribution in [0.1, 0.15) is 38.3 Å². The van der Waals surface area contributed by atoms with Gasteiger partial charge in [-0.1, -0.05) is 18.2 Å². The molecule has 0 spiro atoms. The molecule has 5 nitrogen and oxygen atoms in total. The summed E-state index contributed by atoms with van der Waals surface area (Å²) in [5, 5.41) is 13.1. The number of pyridine rings is 1. The number of benzene rings is 1. The molecule has 0 fully saturated rings. The van der Waals surface area contributed by atoms with Crippen molar-refractivity contribution in [2.75, 3.05) is 0 Å². The molecule has 2 aromatic heterocycles. The lowest BCUT2D eigenvalue weighted by Gasteiger charge is -2.13. The summed E-state index contributed by atoms with van der Waals surface area (Å²) in [6.45, 7) is 4.75. The summed E-state index contributed by atoms with van der Waals surface area (Å²) in [5.41, 5.74) is 6.06. The van der Waals surface area contributed by atoms with E-state index in [0.717, 1.165) is 17.7 Å². The number of rotatable bonds is 5. The number of carboxylic acids is 1. The monoisotopic (exact) mass is 321 g/mol. The van der Waals surface area contributed by atoms with Crippen LogP contribution < -0.4 is 0 Å². The fourth-order valence-electron chi connectivity index (χ4n) is 2.88. The van der Waals surface area contributed by atoms with Crippen molar-refractivity contribution < 1.29 is 9.90 Å². The van der Waals surface area contributed by atoms with Gasteiger partial charge in [-0.2, -0.15) is 5.10 Å². The van der Waals surface area contributed by atoms with Crippen molar-refractivity contribution in [3.05, 3.63) is 82.4 Å². The molecule has 3 rings (SSSR count). The highest BCUT2D eigenvalue weighted by Gasteiger charge is 2.09. The van der Waals surface area contributed by atoms with E-state index in [0.29, 0.717) is 6.54 Å². The molecular formula is C19H19N3O2. The molecule has 0 saturated carbocycles. The summed E-state index contributed by atoms with van der Waals surface area (Å²) < 4.78 is 1.65. The minimum atomic E-state index is -0.959. The topological polar surface area (TPSA) is 68.0 Å². The maximum atomic E-state index is 10.9. The van der Waals surface area contributed by atoms with E-state index in [1.54, 1.807) is 10.9 Å². The fourth-order valence-corrected chi connectivity index (χ4v) is 2.88. The normalized spacial score (nSPS) is 10.8. The van der Waals surface area contributed by atoms with Gasteiger partial charge in [-0.3, -0.25) is 9.67 Å². The van der Waals surface area contributed by atoms with Gasteiger partial charge in [0.2, 0.25) is 0 Å². The van der Waals surface area contributed by atoms with Crippen molar-refractivity contribution in [2.24, 2.45) is 0 Å². The molecule has 0 bridgehead atoms. The van der Waals surface area contributed by atoms with Gasteiger partial charge in [-0.05, 0) is 48.2 Å². The van der Waals surface area contributed by atoms with Gasteiger partial charge in [0, 0.05) is 24.5 Å². The summed E-state index contributed by atoms with van der Waals surface area (Å²) in [7, 11) is 0. The average molecular weight is 321 g/mol. The van der Waals surface area contributed by atoms with Crippen LogP contribution in [0.2, 0.25) is 0 Å². The van der Waals surface area contributed by atoms with E-state index in [1.165, 1.54) is 22.9 Å². The predicted octanol–water partition coefficient (Wildman–Crippen LogP) is 3.23. The summed E-state index contributed by atoms with van der Waals surface area (Å²) in [6, 6.07) is 10.2. The number of aromatic nitrogens is 3. The number of hydrogen-bond donors (Lipinski definition) is 1. The highest BCUT2D eigenvalue weighted by molar-refractivity contribution is 5.86. The lowest BCUT2D eigenvalue weighted by atomic mass is 9.95. The molecule has 0 radical (unpaired) electrons. The minimum Gasteiger partial charge on any atom is -0.478 e. The molecule has 0 atom stereocenters. The lowest BCUT2D eigenvalue weighted by molar-refractivity contribution is 0.0697. The van der Waals surface area contributed by atoms with Crippen molar-refractivity contribution >= 4 is 5.97 Å². The molecule has 0 amide bonds. The number of nitrogens with zero attached hydrogens (tertiary/aromatic N) is 3. The largest absolute Gasteiger partial charge is 0.478 e. The van der Waals surface area contributed by atoms with Crippen molar-refractivity contribution in [3.63, 3.8) is 0 Å². The smallest absolute Gasteiger partial charge is 0.338 e. The van der Waals surface area contributed by atoms with E-state index >= 15 is 0 Å². The zero-order valence-corrected chi connectivity index (χ0v) is 13.7. The van der Waals surface area contributed by atoms with Crippen LogP contribution in [0.5, 0.6) is 0 Å². The molecule has 3 aromatic rings. The number of carboxylic acid groups (broad SMARTS) is 1. The fraction of sp³-hybridized carbons (Fsp3) is 0.211. The molecular weight excluding hydrogens is 302 g/mol. The van der Waals surface area contributed by atoms with Crippen LogP contribution >= 0.6 is 0 Å². The highest BCUT2D eigenvalue weighted by atomic mass is 16.4. The van der Waals surface area contributed by atoms with Gasteiger partial charge in [0.05, 0.1) is 18.3 Å². The first-order valence-electron chi connectivity index (χ1n) is 7.77. The number of aryl methyl sites for hydroxylation is 2. The summed E-state index contributed by atoms with van der Waals surface area (Å²) in [6.07, 6.45) is 5.54. The standard InChI is InChI=1S/C19H19N3O2/c1-13-7-15(11-22-12-16(10-21-22)19(23)24)8-14(2)18(13)9-17-5-3-4-6-20-17/h3-8,10,12H,9,11H2,1-2H3,(H,23,24). The molecule has 2 heterocycles. The second kappa shape index (κ2) is 6.66. The van der Waals surface area contributed by atoms with E-state index in [9.17, 15) is 4.79 Å². The molecule has 0 aliphatic heterocycles. The Kier molecular flexibility index (Phi) is 4.42. The molecule has 0 unspecified atom stereocenters. The van der Waals surface area contributed by atoms with Crippen LogP contribution in [0, 0.1) is 13.8 Å². The van der Waals surface area contributed by atoms with Gasteiger partial charge in [0.15, 0.2) is 0 Å². The van der Waals surface area contributed by atoms with Crippen molar-refractivity contribution in [1.82, 2.24) is 14.8 Å². The summed E-state index contributed by atoms with van der Waals surface area (Å²) >= 11 is 0. The Morgan fingerprint density at radius 1 is 1.21 bits per heavy atom.